The average molecular weight is 460 g/mol. The van der Waals surface area contributed by atoms with Crippen molar-refractivity contribution in [2.75, 3.05) is 0 Å². The summed E-state index contributed by atoms with van der Waals surface area (Å²) < 4.78 is 7.62. The zero-order valence-corrected chi connectivity index (χ0v) is 22.0. The molecule has 0 amide bonds. The maximum atomic E-state index is 7.62. The van der Waals surface area contributed by atoms with Gasteiger partial charge < -0.3 is 0 Å². The molecule has 1 nitrogen and oxygen atoms in total. The van der Waals surface area contributed by atoms with Gasteiger partial charge >= 0.3 is 158 Å². The molecule has 0 spiro atoms. The van der Waals surface area contributed by atoms with E-state index in [0.29, 0.717) is 5.60 Å². The molecule has 0 aromatic rings. The quantitative estimate of drug-likeness (QED) is 0.270. The summed E-state index contributed by atoms with van der Waals surface area (Å²) in [5.74, 6) is 0. The molecule has 144 valence electrons. The van der Waals surface area contributed by atoms with E-state index in [9.17, 15) is 0 Å². The van der Waals surface area contributed by atoms with Gasteiger partial charge in [0, 0.05) is 0 Å². The summed E-state index contributed by atoms with van der Waals surface area (Å²) in [5, 5.41) is 7.98. The van der Waals surface area contributed by atoms with Crippen molar-refractivity contribution >= 4 is 22.9 Å². The molecule has 1 fully saturated rings. The van der Waals surface area contributed by atoms with Gasteiger partial charge in [-0.25, -0.2) is 0 Å². The first-order valence-corrected chi connectivity index (χ1v) is 26.0. The summed E-state index contributed by atoms with van der Waals surface area (Å²) in [5.41, 5.74) is 0.296. The summed E-state index contributed by atoms with van der Waals surface area (Å²) in [6, 6.07) is 0. The summed E-state index contributed by atoms with van der Waals surface area (Å²) >= 11 is -3.99. The number of hydrogen-bond donors (Lipinski definition) is 0. The van der Waals surface area contributed by atoms with Gasteiger partial charge in [-0.05, 0) is 0 Å². The summed E-state index contributed by atoms with van der Waals surface area (Å²) in [4.78, 5) is 0. The Morgan fingerprint density at radius 2 is 1.12 bits per heavy atom. The molecule has 0 aromatic heterocycles. The molecule has 0 bridgehead atoms. The van der Waals surface area contributed by atoms with Crippen LogP contribution in [0.2, 0.25) is 26.3 Å². The molecule has 0 radical (unpaired) electrons. The van der Waals surface area contributed by atoms with Crippen LogP contribution in [0.15, 0.2) is 0 Å². The van der Waals surface area contributed by atoms with Gasteiger partial charge in [0.15, 0.2) is 0 Å². The van der Waals surface area contributed by atoms with Crippen molar-refractivity contribution in [1.82, 2.24) is 0 Å². The summed E-state index contributed by atoms with van der Waals surface area (Å²) in [6.45, 7) is 14.5. The van der Waals surface area contributed by atoms with Gasteiger partial charge in [0.2, 0.25) is 0 Å². The third-order valence-electron chi connectivity index (χ3n) is 6.61. The minimum absolute atomic E-state index is 0.296. The average Bonchev–Trinajstić information content (AvgIpc) is 2.53. The van der Waals surface area contributed by atoms with Gasteiger partial charge in [-0.2, -0.15) is 0 Å². The molecule has 0 atom stereocenters. The number of hydrogen-bond acceptors (Lipinski definition) is 1. The Kier molecular flexibility index (Phi) is 10.6. The Morgan fingerprint density at radius 3 is 1.50 bits per heavy atom. The predicted molar refractivity (Wildman–Crippen MR) is 115 cm³/mol. The molecular formula is C21H46Ge2O. The molecule has 24 heavy (non-hydrogen) atoms. The van der Waals surface area contributed by atoms with Gasteiger partial charge in [0.05, 0.1) is 0 Å². The van der Waals surface area contributed by atoms with E-state index in [1.54, 1.807) is 15.8 Å². The third-order valence-corrected chi connectivity index (χ3v) is 62.3. The van der Waals surface area contributed by atoms with Crippen LogP contribution in [0.4, 0.5) is 0 Å². The van der Waals surface area contributed by atoms with E-state index < -0.39 is 22.9 Å². The van der Waals surface area contributed by atoms with Crippen LogP contribution in [0.1, 0.15) is 99.3 Å². The monoisotopic (exact) mass is 462 g/mol. The summed E-state index contributed by atoms with van der Waals surface area (Å²) in [6.07, 6.45) is 12.3. The zero-order valence-electron chi connectivity index (χ0n) is 17.8. The molecule has 0 aliphatic carbocycles. The molecule has 1 aliphatic rings. The molecule has 1 aliphatic heterocycles. The Morgan fingerprint density at radius 1 is 0.667 bits per heavy atom. The minimum atomic E-state index is -2.17. The van der Waals surface area contributed by atoms with Crippen molar-refractivity contribution in [2.24, 2.45) is 0 Å². The van der Waals surface area contributed by atoms with E-state index in [0.717, 1.165) is 0 Å². The van der Waals surface area contributed by atoms with Gasteiger partial charge in [-0.1, -0.05) is 0 Å². The van der Waals surface area contributed by atoms with Crippen molar-refractivity contribution in [3.8, 4) is 0 Å². The van der Waals surface area contributed by atoms with E-state index >= 15 is 0 Å². The molecule has 1 heterocycles. The van der Waals surface area contributed by atoms with Crippen LogP contribution < -0.4 is 0 Å². The van der Waals surface area contributed by atoms with E-state index in [2.05, 4.69) is 41.5 Å². The van der Waals surface area contributed by atoms with Gasteiger partial charge in [0.25, 0.3) is 0 Å². The van der Waals surface area contributed by atoms with E-state index in [-0.39, 0.29) is 0 Å². The molecule has 0 unspecified atom stereocenters. The van der Waals surface area contributed by atoms with E-state index in [1.165, 1.54) is 68.3 Å². The molecule has 0 aromatic carbocycles. The molecule has 1 rings (SSSR count). The van der Waals surface area contributed by atoms with Crippen molar-refractivity contribution in [2.45, 2.75) is 131 Å². The second kappa shape index (κ2) is 11.0. The Bertz CT molecular complexity index is 325. The molecule has 0 N–H and O–H groups in total. The van der Waals surface area contributed by atoms with Crippen molar-refractivity contribution in [3.05, 3.63) is 0 Å². The molecular weight excluding hydrogens is 413 g/mol. The fraction of sp³-hybridized carbons (Fsp3) is 1.00. The Labute approximate surface area is 157 Å². The molecule has 1 saturated heterocycles. The Hall–Kier alpha value is 1.05. The van der Waals surface area contributed by atoms with Crippen LogP contribution in [-0.2, 0) is 3.76 Å². The fourth-order valence-electron chi connectivity index (χ4n) is 6.01. The van der Waals surface area contributed by atoms with Crippen molar-refractivity contribution < 1.29 is 3.76 Å². The zero-order chi connectivity index (χ0) is 18.1. The number of rotatable bonds is 12. The first-order chi connectivity index (χ1) is 11.5. The van der Waals surface area contributed by atoms with Crippen molar-refractivity contribution in [1.29, 1.82) is 0 Å². The summed E-state index contributed by atoms with van der Waals surface area (Å²) in [7, 11) is 0. The SMILES string of the molecule is CCCC1(CCC)C[CH2][Ge]([CH2]CC)([CH2]CC)[Ge]([CH2]CC)([CH2]CC)[O]1. The first kappa shape index (κ1) is 23.1. The van der Waals surface area contributed by atoms with Crippen molar-refractivity contribution in [3.63, 3.8) is 0 Å². The van der Waals surface area contributed by atoms with Crippen LogP contribution in [0.5, 0.6) is 0 Å². The second-order valence-corrected chi connectivity index (χ2v) is 45.3. The van der Waals surface area contributed by atoms with E-state index in [1.807, 2.05) is 0 Å². The second-order valence-electron chi connectivity index (χ2n) is 8.56. The molecule has 3 heteroatoms. The standard InChI is InChI=1S/C21H46Ge2O/c1-7-13-21(14-8-2)15-20-22(16-9-3,17-10-4)23(24-21,18-11-5)19-12-6/h7-20H2,1-6H3. The van der Waals surface area contributed by atoms with Crippen LogP contribution in [-0.4, -0.2) is 28.5 Å². The van der Waals surface area contributed by atoms with Gasteiger partial charge in [-0.15, -0.1) is 0 Å². The maximum absolute atomic E-state index is 7.62. The van der Waals surface area contributed by atoms with Crippen LogP contribution in [0.3, 0.4) is 0 Å². The van der Waals surface area contributed by atoms with Crippen LogP contribution >= 0.6 is 0 Å². The van der Waals surface area contributed by atoms with Gasteiger partial charge in [-0.3, -0.25) is 0 Å². The van der Waals surface area contributed by atoms with Crippen LogP contribution in [0.25, 0.3) is 0 Å². The fourth-order valence-corrected chi connectivity index (χ4v) is 69.3. The normalized spacial score (nSPS) is 21.8. The topological polar surface area (TPSA) is 9.23 Å². The van der Waals surface area contributed by atoms with Crippen LogP contribution in [0, 0.1) is 0 Å². The van der Waals surface area contributed by atoms with E-state index in [4.69, 9.17) is 3.76 Å². The first-order valence-electron chi connectivity index (χ1n) is 11.2. The Balaban J connectivity index is 3.30. The molecule has 0 saturated carbocycles. The van der Waals surface area contributed by atoms with Gasteiger partial charge in [0.1, 0.15) is 0 Å². The third kappa shape index (κ3) is 5.06. The predicted octanol–water partition coefficient (Wildman–Crippen LogP) is 7.86.